The molecule has 2 aromatic heterocycles. The van der Waals surface area contributed by atoms with Crippen LogP contribution in [-0.2, 0) is 10.1 Å². The van der Waals surface area contributed by atoms with Crippen LogP contribution in [0.25, 0.3) is 5.52 Å². The van der Waals surface area contributed by atoms with Crippen LogP contribution in [-0.4, -0.2) is 18.5 Å². The van der Waals surface area contributed by atoms with Gasteiger partial charge in [0.2, 0.25) is 5.52 Å². The molecule has 0 bridgehead atoms. The Balaban J connectivity index is 0.000000203. The number of hydrogen-bond acceptors (Lipinski definition) is 3. The minimum Gasteiger partial charge on any atom is -0.741 e. The molecule has 0 aliphatic heterocycles. The molecule has 0 aliphatic rings. The second-order valence-electron chi connectivity index (χ2n) is 3.64. The summed E-state index contributed by atoms with van der Waals surface area (Å²) < 4.78 is 61.0. The molecule has 0 fully saturated rings. The van der Waals surface area contributed by atoms with E-state index in [1.54, 1.807) is 0 Å². The van der Waals surface area contributed by atoms with Crippen LogP contribution in [0.1, 0.15) is 5.56 Å². The minimum atomic E-state index is -6.09. The molecular weight excluding hydrogens is 283 g/mol. The molecule has 0 N–H and O–H groups in total. The molecule has 0 unspecified atom stereocenters. The number of halogens is 3. The summed E-state index contributed by atoms with van der Waals surface area (Å²) in [5, 5.41) is 0. The Morgan fingerprint density at radius 1 is 1.16 bits per heavy atom. The van der Waals surface area contributed by atoms with Gasteiger partial charge in [-0.2, -0.15) is 17.6 Å². The molecule has 2 heterocycles. The quantitative estimate of drug-likeness (QED) is 0.422. The summed E-state index contributed by atoms with van der Waals surface area (Å²) in [7, 11) is -6.09. The number of hydrogen-bond donors (Lipinski definition) is 0. The molecule has 104 valence electrons. The van der Waals surface area contributed by atoms with Gasteiger partial charge in [-0.1, -0.05) is 0 Å². The van der Waals surface area contributed by atoms with E-state index in [0.29, 0.717) is 0 Å². The summed E-state index contributed by atoms with van der Waals surface area (Å²) in [4.78, 5) is 0. The van der Waals surface area contributed by atoms with Crippen molar-refractivity contribution in [3.8, 4) is 0 Å². The molecule has 0 saturated carbocycles. The summed E-state index contributed by atoms with van der Waals surface area (Å²) in [6.45, 7) is 2.10. The lowest BCUT2D eigenvalue weighted by atomic mass is 10.3. The van der Waals surface area contributed by atoms with Crippen LogP contribution < -0.4 is 4.40 Å². The van der Waals surface area contributed by atoms with Crippen LogP contribution >= 0.6 is 0 Å². The van der Waals surface area contributed by atoms with Crippen LogP contribution in [0.2, 0.25) is 0 Å². The van der Waals surface area contributed by atoms with Gasteiger partial charge in [0, 0.05) is 23.8 Å². The van der Waals surface area contributed by atoms with Crippen molar-refractivity contribution >= 4 is 15.6 Å². The fourth-order valence-corrected chi connectivity index (χ4v) is 1.21. The number of rotatable bonds is 0. The van der Waals surface area contributed by atoms with Gasteiger partial charge >= 0.3 is 5.51 Å². The van der Waals surface area contributed by atoms with Crippen LogP contribution in [0.15, 0.2) is 42.7 Å². The van der Waals surface area contributed by atoms with Gasteiger partial charge in [-0.05, 0) is 19.1 Å². The van der Waals surface area contributed by atoms with Gasteiger partial charge in [0.05, 0.1) is 0 Å². The van der Waals surface area contributed by atoms with Crippen molar-refractivity contribution in [1.82, 2.24) is 0 Å². The molecule has 19 heavy (non-hydrogen) atoms. The average Bonchev–Trinajstić information content (AvgIpc) is 2.27. The minimum absolute atomic E-state index is 1.23. The van der Waals surface area contributed by atoms with E-state index < -0.39 is 15.6 Å². The molecule has 0 aliphatic carbocycles. The van der Waals surface area contributed by atoms with Gasteiger partial charge in [0.15, 0.2) is 22.5 Å². The molecule has 0 radical (unpaired) electrons. The number of pyridine rings is 2. The molecule has 4 nitrogen and oxygen atoms in total. The van der Waals surface area contributed by atoms with Crippen molar-refractivity contribution in [3.05, 3.63) is 48.3 Å². The first-order valence-electron chi connectivity index (χ1n) is 5.00. The Morgan fingerprint density at radius 2 is 1.74 bits per heavy atom. The topological polar surface area (TPSA) is 61.3 Å². The predicted octanol–water partition coefficient (Wildman–Crippen LogP) is 1.79. The van der Waals surface area contributed by atoms with E-state index in [9.17, 15) is 13.2 Å². The zero-order chi connectivity index (χ0) is 14.7. The van der Waals surface area contributed by atoms with Crippen LogP contribution in [0.3, 0.4) is 0 Å². The maximum Gasteiger partial charge on any atom is 0.485 e. The van der Waals surface area contributed by atoms with E-state index in [2.05, 4.69) is 41.9 Å². The smallest absolute Gasteiger partial charge is 0.485 e. The first-order valence-corrected chi connectivity index (χ1v) is 6.41. The number of alkyl halides is 3. The lowest BCUT2D eigenvalue weighted by Crippen LogP contribution is -2.21. The predicted molar refractivity (Wildman–Crippen MR) is 60.1 cm³/mol. The SMILES string of the molecule is Cc1ccc2cccc[n+]2c1.O=S(=O)([O-])C(F)(F)F. The highest BCUT2D eigenvalue weighted by Crippen LogP contribution is 2.20. The van der Waals surface area contributed by atoms with Crippen molar-refractivity contribution in [1.29, 1.82) is 0 Å². The van der Waals surface area contributed by atoms with Crippen molar-refractivity contribution in [2.45, 2.75) is 12.4 Å². The third kappa shape index (κ3) is 4.49. The zero-order valence-electron chi connectivity index (χ0n) is 9.76. The monoisotopic (exact) mass is 293 g/mol. The van der Waals surface area contributed by atoms with Crippen LogP contribution in [0, 0.1) is 6.92 Å². The highest BCUT2D eigenvalue weighted by Gasteiger charge is 2.36. The third-order valence-corrected chi connectivity index (χ3v) is 2.63. The molecule has 0 atom stereocenters. The van der Waals surface area contributed by atoms with Gasteiger partial charge in [-0.25, -0.2) is 8.42 Å². The lowest BCUT2D eigenvalue weighted by Gasteiger charge is -2.08. The van der Waals surface area contributed by atoms with Crippen molar-refractivity contribution < 1.29 is 30.5 Å². The number of aryl methyl sites for hydroxylation is 1. The van der Waals surface area contributed by atoms with Crippen molar-refractivity contribution in [3.63, 3.8) is 0 Å². The molecule has 0 spiro atoms. The molecule has 0 saturated heterocycles. The summed E-state index contributed by atoms with van der Waals surface area (Å²) in [5.74, 6) is 0. The van der Waals surface area contributed by atoms with Crippen LogP contribution in [0.4, 0.5) is 13.2 Å². The highest BCUT2D eigenvalue weighted by molar-refractivity contribution is 7.86. The molecule has 2 rings (SSSR count). The lowest BCUT2D eigenvalue weighted by molar-refractivity contribution is -0.512. The number of nitrogens with zero attached hydrogens (tertiary/aromatic N) is 1. The third-order valence-electron chi connectivity index (χ3n) is 2.07. The molecule has 0 aromatic carbocycles. The Labute approximate surface area is 107 Å². The van der Waals surface area contributed by atoms with E-state index in [4.69, 9.17) is 13.0 Å². The van der Waals surface area contributed by atoms with Gasteiger partial charge in [-0.3, -0.25) is 0 Å². The number of aromatic nitrogens is 1. The Bertz CT molecular complexity index is 668. The van der Waals surface area contributed by atoms with E-state index in [1.807, 2.05) is 12.1 Å². The standard InChI is InChI=1S/C10H10N.CHF3O3S/c1-9-5-6-10-4-2-3-7-11(10)8-9;2-1(3,4)8(5,6)7/h2-8H,1H3;(H,5,6,7)/q+1;/p-1. The van der Waals surface area contributed by atoms with Crippen LogP contribution in [0.5, 0.6) is 0 Å². The normalized spacial score (nSPS) is 11.8. The zero-order valence-corrected chi connectivity index (χ0v) is 10.6. The summed E-state index contributed by atoms with van der Waals surface area (Å²) >= 11 is 0. The second kappa shape index (κ2) is 5.54. The summed E-state index contributed by atoms with van der Waals surface area (Å²) in [5.41, 5.74) is -3.13. The Hall–Kier alpha value is -1.67. The molecule has 8 heteroatoms. The highest BCUT2D eigenvalue weighted by atomic mass is 32.2. The summed E-state index contributed by atoms with van der Waals surface area (Å²) in [6, 6.07) is 10.4. The molecular formula is C11H10F3NO3S. The summed E-state index contributed by atoms with van der Waals surface area (Å²) in [6.07, 6.45) is 4.18. The fraction of sp³-hybridized carbons (Fsp3) is 0.182. The fourth-order valence-electron chi connectivity index (χ4n) is 1.21. The average molecular weight is 293 g/mol. The van der Waals surface area contributed by atoms with Gasteiger partial charge in [0.25, 0.3) is 0 Å². The first-order chi connectivity index (χ1) is 8.61. The van der Waals surface area contributed by atoms with Gasteiger partial charge in [0.1, 0.15) is 0 Å². The molecule has 0 amide bonds. The van der Waals surface area contributed by atoms with Crippen molar-refractivity contribution in [2.75, 3.05) is 0 Å². The second-order valence-corrected chi connectivity index (χ2v) is 5.01. The maximum absolute atomic E-state index is 10.7. The van der Waals surface area contributed by atoms with E-state index in [1.165, 1.54) is 11.1 Å². The Kier molecular flexibility index (Phi) is 4.48. The number of fused-ring (bicyclic) bond motifs is 1. The van der Waals surface area contributed by atoms with E-state index in [0.717, 1.165) is 0 Å². The first kappa shape index (κ1) is 15.4. The largest absolute Gasteiger partial charge is 0.741 e. The van der Waals surface area contributed by atoms with Crippen molar-refractivity contribution in [2.24, 2.45) is 0 Å². The van der Waals surface area contributed by atoms with Gasteiger partial charge < -0.3 is 4.55 Å². The van der Waals surface area contributed by atoms with E-state index >= 15 is 0 Å². The Morgan fingerprint density at radius 3 is 2.26 bits per heavy atom. The van der Waals surface area contributed by atoms with E-state index in [-0.39, 0.29) is 0 Å². The maximum atomic E-state index is 10.7. The molecule has 2 aromatic rings. The van der Waals surface area contributed by atoms with Gasteiger partial charge in [-0.15, -0.1) is 0 Å².